The zero-order valence-electron chi connectivity index (χ0n) is 13.6. The number of cyclic esters (lactones) is 1. The molecule has 1 aliphatic carbocycles. The quantitative estimate of drug-likeness (QED) is 0.637. The molecule has 5 heteroatoms. The summed E-state index contributed by atoms with van der Waals surface area (Å²) < 4.78 is 5.47. The Morgan fingerprint density at radius 3 is 2.67 bits per heavy atom. The zero-order valence-corrected chi connectivity index (χ0v) is 13.6. The van der Waals surface area contributed by atoms with Crippen molar-refractivity contribution in [3.05, 3.63) is 47.6 Å². The van der Waals surface area contributed by atoms with E-state index in [0.717, 1.165) is 18.9 Å². The van der Waals surface area contributed by atoms with Crippen LogP contribution in [0.1, 0.15) is 35.7 Å². The van der Waals surface area contributed by atoms with Crippen molar-refractivity contribution in [2.75, 3.05) is 0 Å². The van der Waals surface area contributed by atoms with Crippen LogP contribution in [0.4, 0.5) is 0 Å². The first kappa shape index (κ1) is 16.6. The van der Waals surface area contributed by atoms with E-state index < -0.39 is 12.1 Å². The van der Waals surface area contributed by atoms with Crippen LogP contribution in [0.25, 0.3) is 0 Å². The van der Waals surface area contributed by atoms with Gasteiger partial charge in [-0.15, -0.1) is 0 Å². The summed E-state index contributed by atoms with van der Waals surface area (Å²) in [5.74, 6) is -0.137. The van der Waals surface area contributed by atoms with Crippen LogP contribution in [0.2, 0.25) is 0 Å². The molecule has 1 aromatic rings. The number of phenolic OH excluding ortho intramolecular Hbond substituents is 2. The number of phenols is 2. The van der Waals surface area contributed by atoms with Crippen molar-refractivity contribution >= 4 is 5.97 Å². The second-order valence-electron chi connectivity index (χ2n) is 6.65. The smallest absolute Gasteiger partial charge is 0.342 e. The van der Waals surface area contributed by atoms with Gasteiger partial charge < -0.3 is 20.1 Å². The Labute approximate surface area is 140 Å². The summed E-state index contributed by atoms with van der Waals surface area (Å²) in [6.07, 6.45) is 8.30. The number of aliphatic hydroxyl groups excluding tert-OH is 1. The monoisotopic (exact) mass is 330 g/mol. The normalized spacial score (nSPS) is 32.7. The molecule has 0 bridgehead atoms. The van der Waals surface area contributed by atoms with Crippen molar-refractivity contribution in [2.45, 2.75) is 38.4 Å². The number of aliphatic hydroxyl groups is 1. The van der Waals surface area contributed by atoms with E-state index in [1.54, 1.807) is 12.2 Å². The van der Waals surface area contributed by atoms with Crippen LogP contribution < -0.4 is 0 Å². The standard InChI is InChI=1S/C19H22O5/c1-11-6-13-7-12(13)4-2-3-5-15(20)8-14-9-16(21)10-17(22)18(14)19(23)24-11/h2-5,9-13,15,20-22H,6-8H2,1H3/b4-2-,5-3+/t11?,12?,13-,15-/m0/s1. The molecule has 3 rings (SSSR count). The van der Waals surface area contributed by atoms with Crippen LogP contribution in [-0.4, -0.2) is 33.5 Å². The summed E-state index contributed by atoms with van der Waals surface area (Å²) in [5, 5.41) is 29.9. The number of allylic oxidation sites excluding steroid dienone is 3. The van der Waals surface area contributed by atoms with Gasteiger partial charge in [0, 0.05) is 12.5 Å². The number of hydrogen-bond donors (Lipinski definition) is 3. The molecule has 1 saturated carbocycles. The lowest BCUT2D eigenvalue weighted by Crippen LogP contribution is -2.19. The molecule has 2 unspecified atom stereocenters. The molecule has 1 fully saturated rings. The van der Waals surface area contributed by atoms with Gasteiger partial charge in [0.05, 0.1) is 12.2 Å². The number of carbonyl (C=O) groups excluding carboxylic acids is 1. The Bertz CT molecular complexity index is 691. The maximum atomic E-state index is 12.5. The zero-order chi connectivity index (χ0) is 17.3. The molecule has 4 atom stereocenters. The van der Waals surface area contributed by atoms with Gasteiger partial charge in [-0.25, -0.2) is 4.79 Å². The van der Waals surface area contributed by atoms with E-state index in [4.69, 9.17) is 4.74 Å². The minimum atomic E-state index is -0.835. The summed E-state index contributed by atoms with van der Waals surface area (Å²) in [6, 6.07) is 2.48. The van der Waals surface area contributed by atoms with Gasteiger partial charge in [0.2, 0.25) is 0 Å². The van der Waals surface area contributed by atoms with E-state index in [-0.39, 0.29) is 29.6 Å². The molecule has 0 amide bonds. The van der Waals surface area contributed by atoms with Gasteiger partial charge in [-0.1, -0.05) is 24.3 Å². The van der Waals surface area contributed by atoms with Crippen molar-refractivity contribution in [3.8, 4) is 11.5 Å². The Hall–Kier alpha value is -2.27. The molecule has 3 N–H and O–H groups in total. The fourth-order valence-electron chi connectivity index (χ4n) is 3.25. The van der Waals surface area contributed by atoms with Gasteiger partial charge in [0.1, 0.15) is 17.1 Å². The van der Waals surface area contributed by atoms with Gasteiger partial charge in [-0.2, -0.15) is 0 Å². The van der Waals surface area contributed by atoms with E-state index in [1.807, 2.05) is 13.0 Å². The average Bonchev–Trinajstić information content (AvgIpc) is 3.19. The predicted octanol–water partition coefficient (Wildman–Crippen LogP) is 2.70. The summed E-state index contributed by atoms with van der Waals surface area (Å²) in [4.78, 5) is 12.5. The first-order chi connectivity index (χ1) is 11.4. The number of hydrogen-bond acceptors (Lipinski definition) is 5. The molecule has 0 aromatic heterocycles. The average molecular weight is 330 g/mol. The lowest BCUT2D eigenvalue weighted by molar-refractivity contribution is 0.0306. The molecule has 0 saturated heterocycles. The van der Waals surface area contributed by atoms with Gasteiger partial charge >= 0.3 is 5.97 Å². The summed E-state index contributed by atoms with van der Waals surface area (Å²) in [7, 11) is 0. The minimum Gasteiger partial charge on any atom is -0.508 e. The van der Waals surface area contributed by atoms with Gasteiger partial charge in [-0.3, -0.25) is 0 Å². The first-order valence-electron chi connectivity index (χ1n) is 8.23. The third-order valence-corrected chi connectivity index (χ3v) is 4.54. The molecule has 128 valence electrons. The van der Waals surface area contributed by atoms with E-state index >= 15 is 0 Å². The lowest BCUT2D eigenvalue weighted by atomic mass is 9.99. The van der Waals surface area contributed by atoms with Crippen LogP contribution in [0.15, 0.2) is 36.4 Å². The van der Waals surface area contributed by atoms with E-state index in [1.165, 1.54) is 6.07 Å². The number of benzene rings is 1. The maximum Gasteiger partial charge on any atom is 0.342 e. The fourth-order valence-corrected chi connectivity index (χ4v) is 3.25. The second-order valence-corrected chi connectivity index (χ2v) is 6.65. The van der Waals surface area contributed by atoms with E-state index in [2.05, 4.69) is 6.08 Å². The van der Waals surface area contributed by atoms with Gasteiger partial charge in [-0.05, 0) is 43.2 Å². The molecule has 24 heavy (non-hydrogen) atoms. The molecule has 5 nitrogen and oxygen atoms in total. The molecular weight excluding hydrogens is 308 g/mol. The highest BCUT2D eigenvalue weighted by Gasteiger charge is 2.36. The van der Waals surface area contributed by atoms with Crippen LogP contribution >= 0.6 is 0 Å². The Kier molecular flexibility index (Phi) is 4.62. The third kappa shape index (κ3) is 3.79. The molecular formula is C19H22O5. The highest BCUT2D eigenvalue weighted by Crippen LogP contribution is 2.43. The summed E-state index contributed by atoms with van der Waals surface area (Å²) in [6.45, 7) is 1.84. The third-order valence-electron chi connectivity index (χ3n) is 4.54. The Balaban J connectivity index is 1.94. The Morgan fingerprint density at radius 1 is 1.12 bits per heavy atom. The molecule has 1 heterocycles. The van der Waals surface area contributed by atoms with Crippen molar-refractivity contribution in [2.24, 2.45) is 11.8 Å². The van der Waals surface area contributed by atoms with Crippen LogP contribution in [0.3, 0.4) is 0 Å². The van der Waals surface area contributed by atoms with Crippen molar-refractivity contribution in [1.29, 1.82) is 0 Å². The number of esters is 1. The fraction of sp³-hybridized carbons (Fsp3) is 0.421. The van der Waals surface area contributed by atoms with Gasteiger partial charge in [0.25, 0.3) is 0 Å². The van der Waals surface area contributed by atoms with Crippen molar-refractivity contribution in [3.63, 3.8) is 0 Å². The van der Waals surface area contributed by atoms with Crippen LogP contribution in [0, 0.1) is 11.8 Å². The Morgan fingerprint density at radius 2 is 1.88 bits per heavy atom. The van der Waals surface area contributed by atoms with E-state index in [9.17, 15) is 20.1 Å². The highest BCUT2D eigenvalue weighted by molar-refractivity contribution is 5.94. The van der Waals surface area contributed by atoms with Crippen molar-refractivity contribution < 1.29 is 24.9 Å². The lowest BCUT2D eigenvalue weighted by Gasteiger charge is -2.17. The number of fused-ring (bicyclic) bond motifs is 2. The van der Waals surface area contributed by atoms with Gasteiger partial charge in [0.15, 0.2) is 0 Å². The number of rotatable bonds is 0. The maximum absolute atomic E-state index is 12.5. The van der Waals surface area contributed by atoms with Crippen LogP contribution in [-0.2, 0) is 11.2 Å². The first-order valence-corrected chi connectivity index (χ1v) is 8.23. The molecule has 0 spiro atoms. The number of carbonyl (C=O) groups is 1. The largest absolute Gasteiger partial charge is 0.508 e. The molecule has 2 aliphatic rings. The summed E-state index contributed by atoms with van der Waals surface area (Å²) >= 11 is 0. The molecule has 0 radical (unpaired) electrons. The highest BCUT2D eigenvalue weighted by atomic mass is 16.5. The topological polar surface area (TPSA) is 87.0 Å². The van der Waals surface area contributed by atoms with Crippen molar-refractivity contribution in [1.82, 2.24) is 0 Å². The molecule has 1 aromatic carbocycles. The predicted molar refractivity (Wildman–Crippen MR) is 88.9 cm³/mol. The van der Waals surface area contributed by atoms with E-state index in [0.29, 0.717) is 17.4 Å². The number of aromatic hydroxyl groups is 2. The minimum absolute atomic E-state index is 0.00653. The molecule has 1 aliphatic heterocycles. The summed E-state index contributed by atoms with van der Waals surface area (Å²) in [5.41, 5.74) is 0.360. The second kappa shape index (κ2) is 6.69. The SMILES string of the molecule is CC1C[C@H]2CC2/C=C\C=C\[C@H](O)Cc2cc(O)cc(O)c2C(=O)O1. The number of ether oxygens (including phenoxy) is 1. The van der Waals surface area contributed by atoms with Crippen LogP contribution in [0.5, 0.6) is 11.5 Å².